The Morgan fingerprint density at radius 2 is 2.05 bits per heavy atom. The summed E-state index contributed by atoms with van der Waals surface area (Å²) in [6.07, 6.45) is 1.39. The molecule has 0 fully saturated rings. The average molecular weight is 283 g/mol. The molecule has 0 heterocycles. The molecule has 0 aromatic heterocycles. The lowest BCUT2D eigenvalue weighted by Crippen LogP contribution is -2.19. The maximum Gasteiger partial charge on any atom is 0.234 e. The van der Waals surface area contributed by atoms with Crippen molar-refractivity contribution in [1.29, 1.82) is 0 Å². The zero-order valence-electron chi connectivity index (χ0n) is 11.1. The highest BCUT2D eigenvalue weighted by Crippen LogP contribution is 2.12. The first kappa shape index (κ1) is 16.0. The van der Waals surface area contributed by atoms with Crippen LogP contribution >= 0.6 is 11.8 Å². The monoisotopic (exact) mass is 283 g/mol. The number of hydrogen-bond acceptors (Lipinski definition) is 4. The van der Waals surface area contributed by atoms with Gasteiger partial charge in [0.2, 0.25) is 5.91 Å². The van der Waals surface area contributed by atoms with Crippen LogP contribution in [0.2, 0.25) is 0 Å². The molecule has 19 heavy (non-hydrogen) atoms. The molecule has 1 aromatic rings. The molecule has 1 atom stereocenters. The van der Waals surface area contributed by atoms with Crippen LogP contribution in [0.15, 0.2) is 24.3 Å². The molecule has 3 N–H and O–H groups in total. The van der Waals surface area contributed by atoms with Crippen molar-refractivity contribution in [3.8, 4) is 0 Å². The molecule has 0 aliphatic heterocycles. The van der Waals surface area contributed by atoms with Crippen LogP contribution in [0.4, 0.5) is 5.69 Å². The van der Waals surface area contributed by atoms with Gasteiger partial charge >= 0.3 is 0 Å². The fourth-order valence-electron chi connectivity index (χ4n) is 1.58. The van der Waals surface area contributed by atoms with E-state index in [1.807, 2.05) is 24.3 Å². The van der Waals surface area contributed by atoms with Crippen molar-refractivity contribution in [2.75, 3.05) is 23.4 Å². The molecular formula is C14H21NO3S. The molecule has 0 saturated carbocycles. The minimum absolute atomic E-state index is 0.0987. The number of carbonyl (C=O) groups excluding carboxylic acids is 1. The maximum absolute atomic E-state index is 11.6. The van der Waals surface area contributed by atoms with Crippen LogP contribution in [0.25, 0.3) is 0 Å². The third-order valence-electron chi connectivity index (χ3n) is 2.53. The van der Waals surface area contributed by atoms with E-state index in [-0.39, 0.29) is 18.3 Å². The first-order valence-corrected chi connectivity index (χ1v) is 7.56. The lowest BCUT2D eigenvalue weighted by atomic mass is 10.1. The minimum Gasteiger partial charge on any atom is -0.394 e. The van der Waals surface area contributed by atoms with E-state index in [2.05, 4.69) is 12.2 Å². The molecule has 0 aliphatic rings. The van der Waals surface area contributed by atoms with Crippen molar-refractivity contribution in [2.45, 2.75) is 25.9 Å². The van der Waals surface area contributed by atoms with Crippen LogP contribution in [0, 0.1) is 0 Å². The molecule has 4 nitrogen and oxygen atoms in total. The third-order valence-corrected chi connectivity index (χ3v) is 3.62. The van der Waals surface area contributed by atoms with Crippen molar-refractivity contribution in [3.63, 3.8) is 0 Å². The largest absolute Gasteiger partial charge is 0.394 e. The molecule has 106 valence electrons. The van der Waals surface area contributed by atoms with Crippen LogP contribution in [0.5, 0.6) is 0 Å². The topological polar surface area (TPSA) is 69.6 Å². The van der Waals surface area contributed by atoms with Crippen molar-refractivity contribution < 1.29 is 15.0 Å². The smallest absolute Gasteiger partial charge is 0.234 e. The molecule has 5 heteroatoms. The van der Waals surface area contributed by atoms with E-state index >= 15 is 0 Å². The Bertz CT molecular complexity index is 381. The number of aryl methyl sites for hydroxylation is 1. The molecular weight excluding hydrogens is 262 g/mol. The number of hydrogen-bond donors (Lipinski definition) is 3. The van der Waals surface area contributed by atoms with Crippen LogP contribution in [0.1, 0.15) is 18.9 Å². The molecule has 0 bridgehead atoms. The molecule has 0 radical (unpaired) electrons. The Balaban J connectivity index is 2.31. The van der Waals surface area contributed by atoms with Crippen LogP contribution in [-0.2, 0) is 11.2 Å². The van der Waals surface area contributed by atoms with E-state index in [1.165, 1.54) is 17.3 Å². The zero-order chi connectivity index (χ0) is 14.1. The van der Waals surface area contributed by atoms with E-state index in [0.29, 0.717) is 5.75 Å². The second-order valence-corrected chi connectivity index (χ2v) is 5.38. The van der Waals surface area contributed by atoms with Crippen molar-refractivity contribution in [3.05, 3.63) is 29.8 Å². The molecule has 1 unspecified atom stereocenters. The second-order valence-electron chi connectivity index (χ2n) is 4.35. The summed E-state index contributed by atoms with van der Waals surface area (Å²) < 4.78 is 0. The Kier molecular flexibility index (Phi) is 7.55. The Morgan fingerprint density at radius 1 is 1.37 bits per heavy atom. The number of amides is 1. The van der Waals surface area contributed by atoms with Crippen molar-refractivity contribution in [2.24, 2.45) is 0 Å². The average Bonchev–Trinajstić information content (AvgIpc) is 2.41. The number of benzene rings is 1. The van der Waals surface area contributed by atoms with Crippen LogP contribution in [0.3, 0.4) is 0 Å². The summed E-state index contributed by atoms with van der Waals surface area (Å²) in [5, 5.41) is 20.6. The number of aliphatic hydroxyl groups is 2. The van der Waals surface area contributed by atoms with Gasteiger partial charge < -0.3 is 15.5 Å². The van der Waals surface area contributed by atoms with E-state index in [1.54, 1.807) is 0 Å². The van der Waals surface area contributed by atoms with Crippen molar-refractivity contribution in [1.82, 2.24) is 0 Å². The molecule has 1 amide bonds. The predicted octanol–water partition coefficient (Wildman–Crippen LogP) is 1.66. The van der Waals surface area contributed by atoms with Gasteiger partial charge in [-0.1, -0.05) is 25.5 Å². The molecule has 0 spiro atoms. The van der Waals surface area contributed by atoms with Gasteiger partial charge in [0, 0.05) is 11.4 Å². The number of thioether (sulfide) groups is 1. The number of anilines is 1. The number of nitrogens with one attached hydrogen (secondary N) is 1. The standard InChI is InChI=1S/C14H21NO3S/c1-2-3-11-4-6-12(7-5-11)15-14(18)10-19-9-13(17)8-16/h4-7,13,16-17H,2-3,8-10H2,1H3,(H,15,18). The van der Waals surface area contributed by atoms with Gasteiger partial charge in [-0.25, -0.2) is 0 Å². The summed E-state index contributed by atoms with van der Waals surface area (Å²) in [5.41, 5.74) is 2.05. The Labute approximate surface area is 118 Å². The number of carbonyl (C=O) groups is 1. The first-order chi connectivity index (χ1) is 9.15. The maximum atomic E-state index is 11.6. The SMILES string of the molecule is CCCc1ccc(NC(=O)CSCC(O)CO)cc1. The fourth-order valence-corrected chi connectivity index (χ4v) is 2.33. The highest BCUT2D eigenvalue weighted by Gasteiger charge is 2.06. The van der Waals surface area contributed by atoms with Gasteiger partial charge in [-0.3, -0.25) is 4.79 Å². The molecule has 0 aliphatic carbocycles. The van der Waals surface area contributed by atoms with Crippen molar-refractivity contribution >= 4 is 23.4 Å². The summed E-state index contributed by atoms with van der Waals surface area (Å²) in [4.78, 5) is 11.6. The first-order valence-electron chi connectivity index (χ1n) is 6.41. The number of aliphatic hydroxyl groups excluding tert-OH is 2. The van der Waals surface area contributed by atoms with E-state index in [4.69, 9.17) is 10.2 Å². The van der Waals surface area contributed by atoms with Gasteiger partial charge in [0.15, 0.2) is 0 Å². The Morgan fingerprint density at radius 3 is 2.63 bits per heavy atom. The van der Waals surface area contributed by atoms with E-state index in [0.717, 1.165) is 18.5 Å². The summed E-state index contributed by atoms with van der Waals surface area (Å²) in [6, 6.07) is 7.83. The number of rotatable bonds is 8. The van der Waals surface area contributed by atoms with E-state index in [9.17, 15) is 4.79 Å². The lowest BCUT2D eigenvalue weighted by molar-refractivity contribution is -0.113. The highest BCUT2D eigenvalue weighted by atomic mass is 32.2. The van der Waals surface area contributed by atoms with Crippen LogP contribution in [-0.4, -0.2) is 40.3 Å². The van der Waals surface area contributed by atoms with Gasteiger partial charge in [-0.15, -0.1) is 11.8 Å². The highest BCUT2D eigenvalue weighted by molar-refractivity contribution is 8.00. The van der Waals surface area contributed by atoms with Gasteiger partial charge in [-0.2, -0.15) is 0 Å². The van der Waals surface area contributed by atoms with Crippen LogP contribution < -0.4 is 5.32 Å². The molecule has 0 saturated heterocycles. The van der Waals surface area contributed by atoms with Gasteiger partial charge in [0.1, 0.15) is 0 Å². The fraction of sp³-hybridized carbons (Fsp3) is 0.500. The van der Waals surface area contributed by atoms with Gasteiger partial charge in [0.05, 0.1) is 18.5 Å². The predicted molar refractivity (Wildman–Crippen MR) is 79.5 cm³/mol. The molecule has 1 rings (SSSR count). The van der Waals surface area contributed by atoms with E-state index < -0.39 is 6.10 Å². The molecule has 1 aromatic carbocycles. The normalized spacial score (nSPS) is 12.2. The summed E-state index contributed by atoms with van der Waals surface area (Å²) in [7, 11) is 0. The van der Waals surface area contributed by atoms with Gasteiger partial charge in [0.25, 0.3) is 0 Å². The van der Waals surface area contributed by atoms with Gasteiger partial charge in [-0.05, 0) is 24.1 Å². The lowest BCUT2D eigenvalue weighted by Gasteiger charge is -2.08. The summed E-state index contributed by atoms with van der Waals surface area (Å²) in [5.74, 6) is 0.533. The quantitative estimate of drug-likeness (QED) is 0.679. The third kappa shape index (κ3) is 6.61. The second kappa shape index (κ2) is 8.96. The summed E-state index contributed by atoms with van der Waals surface area (Å²) >= 11 is 1.30. The Hall–Kier alpha value is -1.04. The summed E-state index contributed by atoms with van der Waals surface area (Å²) in [6.45, 7) is 1.86. The minimum atomic E-state index is -0.758. The zero-order valence-corrected chi connectivity index (χ0v) is 11.9.